The Bertz CT molecular complexity index is 461. The first kappa shape index (κ1) is 14.7. The zero-order valence-corrected chi connectivity index (χ0v) is 11.3. The van der Waals surface area contributed by atoms with Gasteiger partial charge in [-0.1, -0.05) is 0 Å². The first-order valence-corrected chi connectivity index (χ1v) is 6.60. The van der Waals surface area contributed by atoms with Crippen LogP contribution in [0.15, 0.2) is 12.1 Å². The SMILES string of the molecule is CCN(CC(F)(F)F)c1ccc(N)c(OCC2CC2)n1. The average molecular weight is 289 g/mol. The van der Waals surface area contributed by atoms with Gasteiger partial charge in [0.05, 0.1) is 12.3 Å². The van der Waals surface area contributed by atoms with Crippen molar-refractivity contribution in [3.63, 3.8) is 0 Å². The van der Waals surface area contributed by atoms with Crippen LogP contribution in [0.3, 0.4) is 0 Å². The molecular weight excluding hydrogens is 271 g/mol. The molecule has 1 heterocycles. The highest BCUT2D eigenvalue weighted by atomic mass is 19.4. The highest BCUT2D eigenvalue weighted by Gasteiger charge is 2.31. The number of hydrogen-bond donors (Lipinski definition) is 1. The van der Waals surface area contributed by atoms with Crippen LogP contribution >= 0.6 is 0 Å². The van der Waals surface area contributed by atoms with Crippen molar-refractivity contribution >= 4 is 11.5 Å². The molecule has 0 saturated heterocycles. The molecule has 1 aromatic heterocycles. The number of aromatic nitrogens is 1. The summed E-state index contributed by atoms with van der Waals surface area (Å²) >= 11 is 0. The lowest BCUT2D eigenvalue weighted by Gasteiger charge is -2.24. The van der Waals surface area contributed by atoms with E-state index in [1.807, 2.05) is 0 Å². The first-order valence-electron chi connectivity index (χ1n) is 6.60. The van der Waals surface area contributed by atoms with E-state index >= 15 is 0 Å². The lowest BCUT2D eigenvalue weighted by atomic mass is 10.3. The van der Waals surface area contributed by atoms with Crippen LogP contribution in [0.5, 0.6) is 5.88 Å². The van der Waals surface area contributed by atoms with E-state index < -0.39 is 12.7 Å². The first-order chi connectivity index (χ1) is 9.39. The number of nitrogens with two attached hydrogens (primary N) is 1. The summed E-state index contributed by atoms with van der Waals surface area (Å²) < 4.78 is 43.0. The maximum Gasteiger partial charge on any atom is 0.405 e. The van der Waals surface area contributed by atoms with Crippen molar-refractivity contribution in [3.8, 4) is 5.88 Å². The number of ether oxygens (including phenoxy) is 1. The summed E-state index contributed by atoms with van der Waals surface area (Å²) in [6.07, 6.45) is -2.03. The van der Waals surface area contributed by atoms with Gasteiger partial charge in [-0.25, -0.2) is 0 Å². The Kier molecular flexibility index (Phi) is 4.25. The third kappa shape index (κ3) is 4.18. The minimum absolute atomic E-state index is 0.207. The lowest BCUT2D eigenvalue weighted by Crippen LogP contribution is -2.34. The van der Waals surface area contributed by atoms with Crippen molar-refractivity contribution in [2.75, 3.05) is 30.3 Å². The van der Waals surface area contributed by atoms with Gasteiger partial charge >= 0.3 is 6.18 Å². The molecule has 7 heteroatoms. The molecule has 1 aliphatic carbocycles. The van der Waals surface area contributed by atoms with Crippen molar-refractivity contribution < 1.29 is 17.9 Å². The number of rotatable bonds is 6. The van der Waals surface area contributed by atoms with Gasteiger partial charge in [-0.3, -0.25) is 0 Å². The predicted octanol–water partition coefficient (Wildman–Crippen LogP) is 2.84. The number of anilines is 2. The summed E-state index contributed by atoms with van der Waals surface area (Å²) in [5.74, 6) is 0.970. The fourth-order valence-corrected chi connectivity index (χ4v) is 1.79. The van der Waals surface area contributed by atoms with Gasteiger partial charge in [0.2, 0.25) is 5.88 Å². The number of hydrogen-bond acceptors (Lipinski definition) is 4. The van der Waals surface area contributed by atoms with Crippen molar-refractivity contribution in [3.05, 3.63) is 12.1 Å². The largest absolute Gasteiger partial charge is 0.476 e. The monoisotopic (exact) mass is 289 g/mol. The van der Waals surface area contributed by atoms with E-state index in [1.165, 1.54) is 12.1 Å². The van der Waals surface area contributed by atoms with E-state index in [2.05, 4.69) is 4.98 Å². The van der Waals surface area contributed by atoms with Crippen LogP contribution in [0, 0.1) is 5.92 Å². The van der Waals surface area contributed by atoms with E-state index in [-0.39, 0.29) is 18.2 Å². The minimum Gasteiger partial charge on any atom is -0.476 e. The number of nitrogens with zero attached hydrogens (tertiary/aromatic N) is 2. The van der Waals surface area contributed by atoms with Crippen LogP contribution in [-0.2, 0) is 0 Å². The molecule has 0 spiro atoms. The van der Waals surface area contributed by atoms with Crippen molar-refractivity contribution in [1.29, 1.82) is 0 Å². The second kappa shape index (κ2) is 5.76. The lowest BCUT2D eigenvalue weighted by molar-refractivity contribution is -0.119. The minimum atomic E-state index is -4.27. The summed E-state index contributed by atoms with van der Waals surface area (Å²) in [4.78, 5) is 5.25. The van der Waals surface area contributed by atoms with Gasteiger partial charge in [0, 0.05) is 6.54 Å². The molecule has 2 N–H and O–H groups in total. The second-order valence-electron chi connectivity index (χ2n) is 4.95. The molecule has 1 saturated carbocycles. The Morgan fingerprint density at radius 3 is 2.65 bits per heavy atom. The second-order valence-corrected chi connectivity index (χ2v) is 4.95. The van der Waals surface area contributed by atoms with Crippen molar-refractivity contribution in [2.45, 2.75) is 25.9 Å². The van der Waals surface area contributed by atoms with E-state index in [1.54, 1.807) is 6.92 Å². The Labute approximate surface area is 115 Å². The maximum atomic E-state index is 12.5. The fraction of sp³-hybridized carbons (Fsp3) is 0.615. The molecule has 2 rings (SSSR count). The molecular formula is C13H18F3N3O. The number of nitrogen functional groups attached to an aromatic ring is 1. The van der Waals surface area contributed by atoms with E-state index in [0.717, 1.165) is 17.7 Å². The van der Waals surface area contributed by atoms with Gasteiger partial charge in [-0.15, -0.1) is 0 Å². The maximum absolute atomic E-state index is 12.5. The summed E-state index contributed by atoms with van der Waals surface area (Å²) in [5.41, 5.74) is 6.08. The Balaban J connectivity index is 2.10. The average Bonchev–Trinajstić information content (AvgIpc) is 3.18. The summed E-state index contributed by atoms with van der Waals surface area (Å²) in [5, 5.41) is 0. The summed E-state index contributed by atoms with van der Waals surface area (Å²) in [6.45, 7) is 1.33. The van der Waals surface area contributed by atoms with Crippen molar-refractivity contribution in [1.82, 2.24) is 4.98 Å². The molecule has 0 aliphatic heterocycles. The van der Waals surface area contributed by atoms with E-state index in [4.69, 9.17) is 10.5 Å². The molecule has 0 amide bonds. The van der Waals surface area contributed by atoms with E-state index in [0.29, 0.717) is 18.2 Å². The van der Waals surface area contributed by atoms with Gasteiger partial charge in [0.15, 0.2) is 0 Å². The highest BCUT2D eigenvalue weighted by Crippen LogP contribution is 2.31. The van der Waals surface area contributed by atoms with Gasteiger partial charge in [0.25, 0.3) is 0 Å². The topological polar surface area (TPSA) is 51.4 Å². The number of pyridine rings is 1. The predicted molar refractivity (Wildman–Crippen MR) is 70.8 cm³/mol. The molecule has 1 fully saturated rings. The molecule has 1 aliphatic rings. The molecule has 20 heavy (non-hydrogen) atoms. The Hall–Kier alpha value is -1.66. The number of alkyl halides is 3. The van der Waals surface area contributed by atoms with Crippen LogP contribution in [0.2, 0.25) is 0 Å². The third-order valence-electron chi connectivity index (χ3n) is 3.10. The molecule has 0 unspecified atom stereocenters. The van der Waals surface area contributed by atoms with Gasteiger partial charge < -0.3 is 15.4 Å². The summed E-state index contributed by atoms with van der Waals surface area (Å²) in [6, 6.07) is 3.01. The van der Waals surface area contributed by atoms with E-state index in [9.17, 15) is 13.2 Å². The normalized spacial score (nSPS) is 15.2. The van der Waals surface area contributed by atoms with Gasteiger partial charge in [-0.05, 0) is 37.8 Å². The highest BCUT2D eigenvalue weighted by molar-refractivity contribution is 5.54. The van der Waals surface area contributed by atoms with Crippen LogP contribution < -0.4 is 15.4 Å². The zero-order valence-electron chi connectivity index (χ0n) is 11.3. The molecule has 112 valence electrons. The molecule has 1 aromatic rings. The zero-order chi connectivity index (χ0) is 14.8. The molecule has 0 bridgehead atoms. The molecule has 0 atom stereocenters. The molecule has 0 radical (unpaired) electrons. The molecule has 0 aromatic carbocycles. The Morgan fingerprint density at radius 1 is 1.40 bits per heavy atom. The third-order valence-corrected chi connectivity index (χ3v) is 3.10. The van der Waals surface area contributed by atoms with Crippen LogP contribution in [-0.4, -0.2) is 30.9 Å². The smallest absolute Gasteiger partial charge is 0.405 e. The number of halogens is 3. The quantitative estimate of drug-likeness (QED) is 0.875. The standard InChI is InChI=1S/C13H18F3N3O/c1-2-19(8-13(14,15)16)11-6-5-10(17)12(18-11)20-7-9-3-4-9/h5-6,9H,2-4,7-8,17H2,1H3. The van der Waals surface area contributed by atoms with Gasteiger partial charge in [-0.2, -0.15) is 18.2 Å². The summed E-state index contributed by atoms with van der Waals surface area (Å²) in [7, 11) is 0. The Morgan fingerprint density at radius 2 is 2.10 bits per heavy atom. The van der Waals surface area contributed by atoms with Crippen LogP contribution in [0.1, 0.15) is 19.8 Å². The van der Waals surface area contributed by atoms with Gasteiger partial charge in [0.1, 0.15) is 12.4 Å². The van der Waals surface area contributed by atoms with Crippen LogP contribution in [0.25, 0.3) is 0 Å². The van der Waals surface area contributed by atoms with Crippen molar-refractivity contribution in [2.24, 2.45) is 5.92 Å². The van der Waals surface area contributed by atoms with Crippen LogP contribution in [0.4, 0.5) is 24.7 Å². The molecule has 4 nitrogen and oxygen atoms in total. The fourth-order valence-electron chi connectivity index (χ4n) is 1.79.